The van der Waals surface area contributed by atoms with E-state index in [0.29, 0.717) is 19.3 Å². The van der Waals surface area contributed by atoms with Crippen LogP contribution in [0.3, 0.4) is 0 Å². The van der Waals surface area contributed by atoms with Crippen molar-refractivity contribution in [2.24, 2.45) is 0 Å². The van der Waals surface area contributed by atoms with Crippen LogP contribution < -0.4 is 10.4 Å². The number of ether oxygens (including phenoxy) is 4. The summed E-state index contributed by atoms with van der Waals surface area (Å²) in [6.45, 7) is 10.6. The van der Waals surface area contributed by atoms with Crippen LogP contribution in [0.15, 0.2) is 60.7 Å². The Balaban J connectivity index is 1.44. The molecular weight excluding hydrogens is 511 g/mol. The van der Waals surface area contributed by atoms with Crippen LogP contribution in [0.5, 0.6) is 0 Å². The molecule has 2 aromatic carbocycles. The third-order valence-corrected chi connectivity index (χ3v) is 12.5. The molecule has 0 aliphatic carbocycles. The molecule has 0 bridgehead atoms. The second kappa shape index (κ2) is 11.8. The Morgan fingerprint density at radius 2 is 1.22 bits per heavy atom. The second-order valence-corrected chi connectivity index (χ2v) is 16.6. The van der Waals surface area contributed by atoms with Gasteiger partial charge < -0.3 is 18.9 Å². The van der Waals surface area contributed by atoms with Gasteiger partial charge >= 0.3 is 7.82 Å². The maximum atomic E-state index is 13.8. The van der Waals surface area contributed by atoms with Crippen LogP contribution in [0.2, 0.25) is 12.6 Å². The van der Waals surface area contributed by atoms with Gasteiger partial charge in [0.15, 0.2) is 11.6 Å². The largest absolute Gasteiger partial charge is 0.474 e. The molecule has 2 saturated heterocycles. The Morgan fingerprint density at radius 1 is 0.784 bits per heavy atom. The number of hydrogen-bond acceptors (Lipinski definition) is 8. The zero-order valence-electron chi connectivity index (χ0n) is 22.4. The lowest BCUT2D eigenvalue weighted by Gasteiger charge is -2.29. The van der Waals surface area contributed by atoms with Crippen molar-refractivity contribution in [3.05, 3.63) is 60.7 Å². The van der Waals surface area contributed by atoms with Crippen LogP contribution in [0.4, 0.5) is 0 Å². The first-order valence-electron chi connectivity index (χ1n) is 12.8. The summed E-state index contributed by atoms with van der Waals surface area (Å²) in [6.07, 6.45) is -0.734. The molecule has 0 unspecified atom stereocenters. The van der Waals surface area contributed by atoms with Crippen molar-refractivity contribution < 1.29 is 37.1 Å². The van der Waals surface area contributed by atoms with E-state index in [2.05, 4.69) is 55.1 Å². The summed E-state index contributed by atoms with van der Waals surface area (Å²) in [5, 5.41) is 2.55. The maximum absolute atomic E-state index is 13.8. The van der Waals surface area contributed by atoms with Gasteiger partial charge in [-0.05, 0) is 33.7 Å². The monoisotopic (exact) mass is 550 g/mol. The third kappa shape index (κ3) is 7.82. The van der Waals surface area contributed by atoms with Gasteiger partial charge in [-0.25, -0.2) is 4.57 Å². The molecule has 8 nitrogen and oxygen atoms in total. The zero-order valence-corrected chi connectivity index (χ0v) is 24.3. The minimum atomic E-state index is -3.93. The fraction of sp³-hybridized carbons (Fsp3) is 0.556. The molecule has 2 heterocycles. The Hall–Kier alpha value is -1.39. The molecule has 2 aliphatic rings. The molecule has 2 atom stereocenters. The highest BCUT2D eigenvalue weighted by molar-refractivity contribution is 7.48. The first kappa shape index (κ1) is 28.6. The van der Waals surface area contributed by atoms with Gasteiger partial charge in [-0.2, -0.15) is 0 Å². The summed E-state index contributed by atoms with van der Waals surface area (Å²) in [4.78, 5) is 0. The van der Waals surface area contributed by atoms with Crippen LogP contribution in [-0.2, 0) is 37.1 Å². The van der Waals surface area contributed by atoms with Crippen molar-refractivity contribution >= 4 is 26.3 Å². The van der Waals surface area contributed by atoms with E-state index in [9.17, 15) is 4.57 Å². The Morgan fingerprint density at radius 3 is 1.59 bits per heavy atom. The van der Waals surface area contributed by atoms with E-state index in [0.717, 1.165) is 0 Å². The zero-order chi connectivity index (χ0) is 26.6. The highest BCUT2D eigenvalue weighted by atomic mass is 31.2. The molecular formula is C27H39O8PSi. The molecule has 2 aliphatic heterocycles. The summed E-state index contributed by atoms with van der Waals surface area (Å²) in [6, 6.07) is 21.6. The summed E-state index contributed by atoms with van der Waals surface area (Å²) in [5.41, 5.74) is 0. The van der Waals surface area contributed by atoms with Crippen LogP contribution in [0.1, 0.15) is 27.7 Å². The van der Waals surface area contributed by atoms with E-state index in [1.54, 1.807) is 0 Å². The van der Waals surface area contributed by atoms with Gasteiger partial charge in [0.2, 0.25) is 0 Å². The lowest BCUT2D eigenvalue weighted by atomic mass is 10.4. The van der Waals surface area contributed by atoms with Gasteiger partial charge in [-0.1, -0.05) is 77.6 Å². The van der Waals surface area contributed by atoms with Gasteiger partial charge in [-0.15, -0.1) is 0 Å². The molecule has 0 radical (unpaired) electrons. The van der Waals surface area contributed by atoms with Crippen LogP contribution in [0.25, 0.3) is 0 Å². The van der Waals surface area contributed by atoms with E-state index in [4.69, 9.17) is 32.5 Å². The molecule has 204 valence electrons. The van der Waals surface area contributed by atoms with E-state index in [-0.39, 0.29) is 32.0 Å². The fourth-order valence-corrected chi connectivity index (χ4v) is 9.27. The summed E-state index contributed by atoms with van der Waals surface area (Å²) < 4.78 is 54.1. The summed E-state index contributed by atoms with van der Waals surface area (Å²) >= 11 is 0. The highest BCUT2D eigenvalue weighted by Gasteiger charge is 2.39. The highest BCUT2D eigenvalue weighted by Crippen LogP contribution is 2.50. The topological polar surface area (TPSA) is 81.7 Å². The summed E-state index contributed by atoms with van der Waals surface area (Å²) in [7, 11) is -6.11. The lowest BCUT2D eigenvalue weighted by Crippen LogP contribution is -2.56. The Bertz CT molecular complexity index is 975. The van der Waals surface area contributed by atoms with Gasteiger partial charge in [0.05, 0.1) is 33.0 Å². The number of rotatable bonds is 12. The van der Waals surface area contributed by atoms with E-state index >= 15 is 0 Å². The average molecular weight is 551 g/mol. The minimum Gasteiger partial charge on any atom is -0.348 e. The first-order valence-corrected chi connectivity index (χ1v) is 16.9. The molecule has 37 heavy (non-hydrogen) atoms. The molecule has 2 fully saturated rings. The number of benzene rings is 2. The normalized spacial score (nSPS) is 23.4. The molecule has 0 spiro atoms. The minimum absolute atomic E-state index is 0.0281. The van der Waals surface area contributed by atoms with E-state index in [1.807, 2.05) is 39.8 Å². The van der Waals surface area contributed by atoms with Crippen molar-refractivity contribution in [3.63, 3.8) is 0 Å². The Kier molecular flexibility index (Phi) is 9.11. The average Bonchev–Trinajstić information content (AvgIpc) is 3.42. The predicted octanol–water partition coefficient (Wildman–Crippen LogP) is 4.34. The van der Waals surface area contributed by atoms with Crippen molar-refractivity contribution in [2.45, 2.75) is 64.1 Å². The van der Waals surface area contributed by atoms with Crippen molar-refractivity contribution in [1.82, 2.24) is 0 Å². The van der Waals surface area contributed by atoms with Gasteiger partial charge in [-0.3, -0.25) is 13.6 Å². The third-order valence-electron chi connectivity index (χ3n) is 6.65. The Labute approximate surface area is 221 Å². The fourth-order valence-electron chi connectivity index (χ4n) is 4.58. The molecule has 0 amide bonds. The smallest absolute Gasteiger partial charge is 0.348 e. The quantitative estimate of drug-likeness (QED) is 0.285. The molecule has 10 heteroatoms. The maximum Gasteiger partial charge on any atom is 0.474 e. The van der Waals surface area contributed by atoms with Crippen LogP contribution in [0, 0.1) is 0 Å². The van der Waals surface area contributed by atoms with Crippen molar-refractivity contribution in [3.8, 4) is 0 Å². The van der Waals surface area contributed by atoms with Crippen LogP contribution in [-0.4, -0.2) is 64.9 Å². The SMILES string of the molecule is CC1(C)OC[C@@H](COP(=O)(OCC[Si](C)(c2ccccc2)c2ccccc2)OC[C@@H]2COC(C)(C)O2)O1. The number of phosphoric acid groups is 1. The first-order chi connectivity index (χ1) is 17.5. The molecule has 4 rings (SSSR count). The molecule has 0 aromatic heterocycles. The van der Waals surface area contributed by atoms with Gasteiger partial charge in [0, 0.05) is 0 Å². The standard InChI is InChI=1S/C27H39O8PSi/c1-26(2)29-18-22(34-26)20-32-36(28,33-21-23-19-30-27(3,4)35-23)31-16-17-37(5,24-12-8-6-9-13-24)25-14-10-7-11-15-25/h6-15,22-23H,16-21H2,1-5H3/t22-,23-/m0/s1. The van der Waals surface area contributed by atoms with Gasteiger partial charge in [0.25, 0.3) is 0 Å². The number of hydrogen-bond donors (Lipinski definition) is 0. The van der Waals surface area contributed by atoms with Crippen molar-refractivity contribution in [1.29, 1.82) is 0 Å². The van der Waals surface area contributed by atoms with Crippen molar-refractivity contribution in [2.75, 3.05) is 33.0 Å². The lowest BCUT2D eigenvalue weighted by molar-refractivity contribution is -0.144. The van der Waals surface area contributed by atoms with Gasteiger partial charge in [0.1, 0.15) is 20.3 Å². The predicted molar refractivity (Wildman–Crippen MR) is 144 cm³/mol. The molecule has 0 saturated carbocycles. The molecule has 2 aromatic rings. The molecule has 0 N–H and O–H groups in total. The van der Waals surface area contributed by atoms with E-state index in [1.165, 1.54) is 10.4 Å². The second-order valence-electron chi connectivity index (χ2n) is 10.6. The van der Waals surface area contributed by atoms with Crippen LogP contribution >= 0.6 is 7.82 Å². The summed E-state index contributed by atoms with van der Waals surface area (Å²) in [5.74, 6) is -1.42. The van der Waals surface area contributed by atoms with E-state index < -0.39 is 27.5 Å². The number of phosphoric ester groups is 1.